The molecule has 1 aromatic heterocycles. The molecular formula is C9H7ClN2O3. The van der Waals surface area contributed by atoms with Crippen molar-refractivity contribution in [1.29, 1.82) is 0 Å². The predicted octanol–water partition coefficient (Wildman–Crippen LogP) is 1.48. The van der Waals surface area contributed by atoms with E-state index in [9.17, 15) is 9.90 Å². The molecule has 0 saturated carbocycles. The zero-order chi connectivity index (χ0) is 11.0. The van der Waals surface area contributed by atoms with Crippen LogP contribution in [0.5, 0.6) is 5.75 Å². The molecule has 6 heteroatoms. The largest absolute Gasteiger partial charge is 0.508 e. The molecule has 0 aliphatic rings. The first-order valence-electron chi connectivity index (χ1n) is 4.14. The van der Waals surface area contributed by atoms with Crippen molar-refractivity contribution in [2.24, 2.45) is 0 Å². The summed E-state index contributed by atoms with van der Waals surface area (Å²) in [5, 5.41) is 18.0. The topological polar surface area (TPSA) is 75.3 Å². The molecule has 5 nitrogen and oxygen atoms in total. The minimum atomic E-state index is -1.01. The second-order valence-corrected chi connectivity index (χ2v) is 3.37. The molecule has 0 spiro atoms. The van der Waals surface area contributed by atoms with Gasteiger partial charge in [-0.15, -0.1) is 0 Å². The fourth-order valence-corrected chi connectivity index (χ4v) is 1.61. The summed E-state index contributed by atoms with van der Waals surface area (Å²) in [4.78, 5) is 14.5. The first-order chi connectivity index (χ1) is 7.08. The average Bonchev–Trinajstić information content (AvgIpc) is 2.43. The molecule has 2 aromatic rings. The second kappa shape index (κ2) is 3.43. The van der Waals surface area contributed by atoms with Crippen molar-refractivity contribution < 1.29 is 15.0 Å². The van der Waals surface area contributed by atoms with E-state index in [0.29, 0.717) is 11.0 Å². The normalized spacial score (nSPS) is 10.7. The number of benzene rings is 1. The monoisotopic (exact) mass is 226 g/mol. The van der Waals surface area contributed by atoms with Gasteiger partial charge >= 0.3 is 5.97 Å². The van der Waals surface area contributed by atoms with Crippen LogP contribution in [0.2, 0.25) is 5.28 Å². The Balaban J connectivity index is 2.65. The van der Waals surface area contributed by atoms with Crippen molar-refractivity contribution in [2.75, 3.05) is 0 Å². The Morgan fingerprint density at radius 3 is 2.93 bits per heavy atom. The van der Waals surface area contributed by atoms with Crippen LogP contribution in [0, 0.1) is 0 Å². The molecule has 15 heavy (non-hydrogen) atoms. The minimum Gasteiger partial charge on any atom is -0.508 e. The van der Waals surface area contributed by atoms with Crippen molar-refractivity contribution in [3.05, 3.63) is 23.5 Å². The number of phenolic OH excluding ortho intramolecular Hbond substituents is 1. The third kappa shape index (κ3) is 1.73. The minimum absolute atomic E-state index is 0.0469. The van der Waals surface area contributed by atoms with E-state index in [2.05, 4.69) is 4.98 Å². The van der Waals surface area contributed by atoms with Crippen LogP contribution in [0.3, 0.4) is 0 Å². The Morgan fingerprint density at radius 2 is 2.27 bits per heavy atom. The number of imidazole rings is 1. The smallest absolute Gasteiger partial charge is 0.323 e. The fourth-order valence-electron chi connectivity index (χ4n) is 1.37. The summed E-state index contributed by atoms with van der Waals surface area (Å²) in [6, 6.07) is 4.48. The third-order valence-corrected chi connectivity index (χ3v) is 2.27. The van der Waals surface area contributed by atoms with Crippen LogP contribution < -0.4 is 0 Å². The molecule has 0 saturated heterocycles. The molecule has 0 unspecified atom stereocenters. The zero-order valence-corrected chi connectivity index (χ0v) is 8.27. The van der Waals surface area contributed by atoms with Gasteiger partial charge in [-0.3, -0.25) is 4.79 Å². The van der Waals surface area contributed by atoms with E-state index < -0.39 is 5.97 Å². The quantitative estimate of drug-likeness (QED) is 0.813. The lowest BCUT2D eigenvalue weighted by atomic mass is 10.3. The number of carboxylic acids is 1. The number of aromatic nitrogens is 2. The molecule has 1 aromatic carbocycles. The summed E-state index contributed by atoms with van der Waals surface area (Å²) in [7, 11) is 0. The van der Waals surface area contributed by atoms with E-state index in [1.165, 1.54) is 16.7 Å². The van der Waals surface area contributed by atoms with Crippen molar-refractivity contribution in [1.82, 2.24) is 9.55 Å². The van der Waals surface area contributed by atoms with Gasteiger partial charge in [0.2, 0.25) is 5.28 Å². The van der Waals surface area contributed by atoms with Gasteiger partial charge in [-0.1, -0.05) is 0 Å². The van der Waals surface area contributed by atoms with E-state index in [1.54, 1.807) is 6.07 Å². The SMILES string of the molecule is O=C(O)Cn1c(Cl)nc2ccc(O)cc21. The van der Waals surface area contributed by atoms with Crippen LogP contribution in [0.4, 0.5) is 0 Å². The van der Waals surface area contributed by atoms with E-state index in [0.717, 1.165) is 0 Å². The number of phenols is 1. The summed E-state index contributed by atoms with van der Waals surface area (Å²) < 4.78 is 1.32. The number of aromatic hydroxyl groups is 1. The van der Waals surface area contributed by atoms with Crippen molar-refractivity contribution in [3.8, 4) is 5.75 Å². The maximum absolute atomic E-state index is 10.6. The van der Waals surface area contributed by atoms with Gasteiger partial charge < -0.3 is 14.8 Å². The van der Waals surface area contributed by atoms with Gasteiger partial charge in [0.15, 0.2) is 0 Å². The van der Waals surface area contributed by atoms with Crippen molar-refractivity contribution in [2.45, 2.75) is 6.54 Å². The molecule has 0 radical (unpaired) electrons. The Kier molecular flexibility index (Phi) is 2.24. The highest BCUT2D eigenvalue weighted by Gasteiger charge is 2.11. The lowest BCUT2D eigenvalue weighted by Gasteiger charge is -2.01. The van der Waals surface area contributed by atoms with E-state index in [4.69, 9.17) is 16.7 Å². The second-order valence-electron chi connectivity index (χ2n) is 3.03. The van der Waals surface area contributed by atoms with Crippen LogP contribution in [0.25, 0.3) is 11.0 Å². The number of halogens is 1. The zero-order valence-electron chi connectivity index (χ0n) is 7.51. The summed E-state index contributed by atoms with van der Waals surface area (Å²) in [6.45, 7) is -0.279. The van der Waals surface area contributed by atoms with Gasteiger partial charge in [0.1, 0.15) is 12.3 Å². The van der Waals surface area contributed by atoms with Gasteiger partial charge in [0, 0.05) is 6.07 Å². The Labute approximate surface area is 89.5 Å². The standard InChI is InChI=1S/C9H7ClN2O3/c10-9-11-6-2-1-5(13)3-7(6)12(9)4-8(14)15/h1-3,13H,4H2,(H,14,15). The predicted molar refractivity (Wildman–Crippen MR) is 54.0 cm³/mol. The maximum Gasteiger partial charge on any atom is 0.323 e. The van der Waals surface area contributed by atoms with Crippen molar-refractivity contribution >= 4 is 28.6 Å². The van der Waals surface area contributed by atoms with Gasteiger partial charge in [0.05, 0.1) is 11.0 Å². The Hall–Kier alpha value is -1.75. The number of fused-ring (bicyclic) bond motifs is 1. The molecule has 0 aliphatic carbocycles. The number of hydrogen-bond donors (Lipinski definition) is 2. The lowest BCUT2D eigenvalue weighted by molar-refractivity contribution is -0.137. The summed E-state index contributed by atoms with van der Waals surface area (Å²) in [5.41, 5.74) is 1.06. The highest BCUT2D eigenvalue weighted by Crippen LogP contribution is 2.23. The molecule has 0 amide bonds. The van der Waals surface area contributed by atoms with Crippen LogP contribution in [0.15, 0.2) is 18.2 Å². The molecule has 2 rings (SSSR count). The molecular weight excluding hydrogens is 220 g/mol. The highest BCUT2D eigenvalue weighted by atomic mass is 35.5. The van der Waals surface area contributed by atoms with Gasteiger partial charge in [0.25, 0.3) is 0 Å². The first-order valence-corrected chi connectivity index (χ1v) is 4.52. The maximum atomic E-state index is 10.6. The Bertz CT molecular complexity index is 535. The summed E-state index contributed by atoms with van der Waals surface area (Å²) in [6.07, 6.45) is 0. The highest BCUT2D eigenvalue weighted by molar-refractivity contribution is 6.29. The number of nitrogens with zero attached hydrogens (tertiary/aromatic N) is 2. The summed E-state index contributed by atoms with van der Waals surface area (Å²) in [5.74, 6) is -0.967. The number of carbonyl (C=O) groups is 1. The van der Waals surface area contributed by atoms with Crippen LogP contribution in [-0.2, 0) is 11.3 Å². The van der Waals surface area contributed by atoms with Crippen LogP contribution >= 0.6 is 11.6 Å². The van der Waals surface area contributed by atoms with Crippen molar-refractivity contribution in [3.63, 3.8) is 0 Å². The molecule has 1 heterocycles. The lowest BCUT2D eigenvalue weighted by Crippen LogP contribution is -2.08. The fraction of sp³-hybridized carbons (Fsp3) is 0.111. The number of carboxylic acid groups (broad SMARTS) is 1. The molecule has 2 N–H and O–H groups in total. The van der Waals surface area contributed by atoms with Crippen LogP contribution in [-0.4, -0.2) is 25.7 Å². The molecule has 0 fully saturated rings. The van der Waals surface area contributed by atoms with Gasteiger partial charge in [-0.05, 0) is 23.7 Å². The Morgan fingerprint density at radius 1 is 1.53 bits per heavy atom. The molecule has 0 atom stereocenters. The van der Waals surface area contributed by atoms with E-state index in [-0.39, 0.29) is 17.6 Å². The summed E-state index contributed by atoms with van der Waals surface area (Å²) >= 11 is 5.77. The van der Waals surface area contributed by atoms with E-state index in [1.807, 2.05) is 0 Å². The first kappa shape index (κ1) is 9.79. The number of aliphatic carboxylic acids is 1. The molecule has 0 bridgehead atoms. The average molecular weight is 227 g/mol. The molecule has 0 aliphatic heterocycles. The van der Waals surface area contributed by atoms with E-state index >= 15 is 0 Å². The van der Waals surface area contributed by atoms with Crippen LogP contribution in [0.1, 0.15) is 0 Å². The number of hydrogen-bond acceptors (Lipinski definition) is 3. The van der Waals surface area contributed by atoms with Gasteiger partial charge in [-0.25, -0.2) is 4.98 Å². The number of rotatable bonds is 2. The van der Waals surface area contributed by atoms with Gasteiger partial charge in [-0.2, -0.15) is 0 Å². The molecule has 78 valence electrons. The third-order valence-electron chi connectivity index (χ3n) is 1.98.